The van der Waals surface area contributed by atoms with Crippen LogP contribution in [0.2, 0.25) is 0 Å². The summed E-state index contributed by atoms with van der Waals surface area (Å²) in [4.78, 5) is 0. The van der Waals surface area contributed by atoms with Crippen LogP contribution < -0.4 is 0 Å². The monoisotopic (exact) mass is 183 g/mol. The average molecular weight is 184 g/mol. The van der Waals surface area contributed by atoms with E-state index in [2.05, 4.69) is 0 Å². The zero-order chi connectivity index (χ0) is 8.97. The summed E-state index contributed by atoms with van der Waals surface area (Å²) >= 11 is 5.46. The summed E-state index contributed by atoms with van der Waals surface area (Å²) in [5.74, 6) is -0.170. The predicted molar refractivity (Wildman–Crippen MR) is 45.3 cm³/mol. The molecule has 0 spiro atoms. The Morgan fingerprint density at radius 1 is 1.50 bits per heavy atom. The number of rotatable bonds is 2. The first kappa shape index (κ1) is 9.02. The molecule has 0 N–H and O–H groups in total. The second kappa shape index (κ2) is 4.08. The lowest BCUT2D eigenvalue weighted by Gasteiger charge is -1.99. The number of nitriles is 1. The van der Waals surface area contributed by atoms with Gasteiger partial charge >= 0.3 is 0 Å². The van der Waals surface area contributed by atoms with Crippen LogP contribution in [0.5, 0.6) is 0 Å². The summed E-state index contributed by atoms with van der Waals surface area (Å²) in [6, 6.07) is 6.62. The van der Waals surface area contributed by atoms with Crippen molar-refractivity contribution in [2.45, 2.75) is 12.3 Å². The van der Waals surface area contributed by atoms with Crippen LogP contribution in [-0.2, 0) is 12.3 Å². The van der Waals surface area contributed by atoms with Crippen LogP contribution >= 0.6 is 11.6 Å². The Balaban J connectivity index is 2.95. The maximum atomic E-state index is 13.0. The molecule has 1 aromatic rings. The predicted octanol–water partition coefficient (Wildman–Crippen LogP) is 2.63. The van der Waals surface area contributed by atoms with Gasteiger partial charge in [-0.3, -0.25) is 0 Å². The van der Waals surface area contributed by atoms with Crippen LogP contribution in [-0.4, -0.2) is 0 Å². The standard InChI is InChI=1S/C9H7ClFN/c10-6-8-2-1-7(3-4-12)5-9(8)11/h1-2,5H,3,6H2. The Bertz CT molecular complexity index is 317. The van der Waals surface area contributed by atoms with Gasteiger partial charge in [-0.1, -0.05) is 12.1 Å². The summed E-state index contributed by atoms with van der Waals surface area (Å²) < 4.78 is 13.0. The Morgan fingerprint density at radius 2 is 2.25 bits per heavy atom. The molecule has 62 valence electrons. The third-order valence-corrected chi connectivity index (χ3v) is 1.83. The van der Waals surface area contributed by atoms with E-state index in [1.807, 2.05) is 6.07 Å². The van der Waals surface area contributed by atoms with Gasteiger partial charge in [-0.2, -0.15) is 5.26 Å². The van der Waals surface area contributed by atoms with Gasteiger partial charge < -0.3 is 0 Å². The molecule has 0 saturated carbocycles. The molecule has 0 aliphatic heterocycles. The normalized spacial score (nSPS) is 9.42. The molecule has 0 heterocycles. The Labute approximate surface area is 75.4 Å². The highest BCUT2D eigenvalue weighted by molar-refractivity contribution is 6.17. The molecule has 1 rings (SSSR count). The summed E-state index contributed by atoms with van der Waals surface area (Å²) in [7, 11) is 0. The molecule has 1 aromatic carbocycles. The fourth-order valence-corrected chi connectivity index (χ4v) is 1.12. The number of halogens is 2. The largest absolute Gasteiger partial charge is 0.207 e. The molecule has 0 fully saturated rings. The summed E-state index contributed by atoms with van der Waals surface area (Å²) in [5.41, 5.74) is 1.15. The quantitative estimate of drug-likeness (QED) is 0.647. The van der Waals surface area contributed by atoms with E-state index < -0.39 is 0 Å². The Hall–Kier alpha value is -1.07. The lowest BCUT2D eigenvalue weighted by Crippen LogP contribution is -1.89. The van der Waals surface area contributed by atoms with E-state index in [9.17, 15) is 4.39 Å². The number of alkyl halides is 1. The lowest BCUT2D eigenvalue weighted by molar-refractivity contribution is 0.615. The summed E-state index contributed by atoms with van der Waals surface area (Å²) in [5, 5.41) is 8.34. The van der Waals surface area contributed by atoms with Crippen molar-refractivity contribution in [3.63, 3.8) is 0 Å². The molecular weight excluding hydrogens is 177 g/mol. The first-order valence-corrected chi connectivity index (χ1v) is 4.01. The molecule has 0 amide bonds. The molecule has 0 aromatic heterocycles. The minimum atomic E-state index is -0.335. The molecule has 0 aliphatic rings. The van der Waals surface area contributed by atoms with Crippen molar-refractivity contribution >= 4 is 11.6 Å². The zero-order valence-corrected chi connectivity index (χ0v) is 7.11. The third-order valence-electron chi connectivity index (χ3n) is 1.54. The highest BCUT2D eigenvalue weighted by atomic mass is 35.5. The van der Waals surface area contributed by atoms with E-state index >= 15 is 0 Å². The first-order chi connectivity index (χ1) is 5.77. The SMILES string of the molecule is N#CCc1ccc(CCl)c(F)c1. The summed E-state index contributed by atoms with van der Waals surface area (Å²) in [6.45, 7) is 0. The van der Waals surface area contributed by atoms with Crippen molar-refractivity contribution in [2.75, 3.05) is 0 Å². The van der Waals surface area contributed by atoms with Crippen LogP contribution in [0.15, 0.2) is 18.2 Å². The van der Waals surface area contributed by atoms with Crippen molar-refractivity contribution < 1.29 is 4.39 Å². The van der Waals surface area contributed by atoms with Crippen molar-refractivity contribution in [2.24, 2.45) is 0 Å². The highest BCUT2D eigenvalue weighted by Gasteiger charge is 2.01. The fourth-order valence-electron chi connectivity index (χ4n) is 0.900. The third kappa shape index (κ3) is 1.96. The van der Waals surface area contributed by atoms with E-state index in [4.69, 9.17) is 16.9 Å². The van der Waals surface area contributed by atoms with Gasteiger partial charge in [-0.05, 0) is 11.6 Å². The maximum Gasteiger partial charge on any atom is 0.127 e. The van der Waals surface area contributed by atoms with E-state index in [-0.39, 0.29) is 18.1 Å². The van der Waals surface area contributed by atoms with E-state index in [0.29, 0.717) is 11.1 Å². The minimum absolute atomic E-state index is 0.165. The number of hydrogen-bond acceptors (Lipinski definition) is 1. The van der Waals surface area contributed by atoms with Gasteiger partial charge in [0.25, 0.3) is 0 Å². The van der Waals surface area contributed by atoms with Crippen molar-refractivity contribution in [1.82, 2.24) is 0 Å². The number of hydrogen-bond donors (Lipinski definition) is 0. The molecule has 0 bridgehead atoms. The minimum Gasteiger partial charge on any atom is -0.207 e. The lowest BCUT2D eigenvalue weighted by atomic mass is 10.1. The first-order valence-electron chi connectivity index (χ1n) is 3.48. The molecular formula is C9H7ClFN. The van der Waals surface area contributed by atoms with Gasteiger partial charge in [-0.25, -0.2) is 4.39 Å². The molecule has 12 heavy (non-hydrogen) atoms. The van der Waals surface area contributed by atoms with Gasteiger partial charge in [-0.15, -0.1) is 11.6 Å². The molecule has 3 heteroatoms. The van der Waals surface area contributed by atoms with Crippen molar-refractivity contribution in [1.29, 1.82) is 5.26 Å². The molecule has 1 nitrogen and oxygen atoms in total. The van der Waals surface area contributed by atoms with Crippen LogP contribution in [0.3, 0.4) is 0 Å². The second-order valence-corrected chi connectivity index (χ2v) is 2.66. The molecule has 0 unspecified atom stereocenters. The van der Waals surface area contributed by atoms with Crippen molar-refractivity contribution in [3.8, 4) is 6.07 Å². The van der Waals surface area contributed by atoms with Gasteiger partial charge in [0.1, 0.15) is 5.82 Å². The zero-order valence-electron chi connectivity index (χ0n) is 6.35. The molecule has 0 aliphatic carbocycles. The van der Waals surface area contributed by atoms with Gasteiger partial charge in [0.2, 0.25) is 0 Å². The van der Waals surface area contributed by atoms with Crippen molar-refractivity contribution in [3.05, 3.63) is 35.1 Å². The topological polar surface area (TPSA) is 23.8 Å². The molecule has 0 saturated heterocycles. The van der Waals surface area contributed by atoms with E-state index in [0.717, 1.165) is 0 Å². The number of nitrogens with zero attached hydrogens (tertiary/aromatic N) is 1. The Kier molecular flexibility index (Phi) is 3.07. The van der Waals surface area contributed by atoms with E-state index in [1.165, 1.54) is 6.07 Å². The second-order valence-electron chi connectivity index (χ2n) is 2.39. The molecule has 0 radical (unpaired) electrons. The highest BCUT2D eigenvalue weighted by Crippen LogP contribution is 2.12. The van der Waals surface area contributed by atoms with Crippen LogP contribution in [0.4, 0.5) is 4.39 Å². The van der Waals surface area contributed by atoms with Gasteiger partial charge in [0.05, 0.1) is 18.4 Å². The Morgan fingerprint density at radius 3 is 2.75 bits per heavy atom. The maximum absolute atomic E-state index is 13.0. The summed E-state index contributed by atoms with van der Waals surface area (Å²) in [6.07, 6.45) is 0.236. The van der Waals surface area contributed by atoms with Crippen LogP contribution in [0, 0.1) is 17.1 Å². The number of benzene rings is 1. The average Bonchev–Trinajstić information content (AvgIpc) is 2.05. The van der Waals surface area contributed by atoms with Crippen LogP contribution in [0.1, 0.15) is 11.1 Å². The molecule has 0 atom stereocenters. The van der Waals surface area contributed by atoms with Gasteiger partial charge in [0, 0.05) is 5.56 Å². The smallest absolute Gasteiger partial charge is 0.127 e. The fraction of sp³-hybridized carbons (Fsp3) is 0.222. The van der Waals surface area contributed by atoms with E-state index in [1.54, 1.807) is 12.1 Å². The van der Waals surface area contributed by atoms with Gasteiger partial charge in [0.15, 0.2) is 0 Å². The van der Waals surface area contributed by atoms with Crippen LogP contribution in [0.25, 0.3) is 0 Å².